The summed E-state index contributed by atoms with van der Waals surface area (Å²) in [5.41, 5.74) is 1.43. The van der Waals surface area contributed by atoms with E-state index in [1.165, 1.54) is 17.4 Å². The normalized spacial score (nSPS) is 14.2. The van der Waals surface area contributed by atoms with Crippen LogP contribution in [0.25, 0.3) is 0 Å². The van der Waals surface area contributed by atoms with Gasteiger partial charge < -0.3 is 4.90 Å². The van der Waals surface area contributed by atoms with Crippen LogP contribution in [-0.4, -0.2) is 43.7 Å². The molecule has 178 valence electrons. The van der Waals surface area contributed by atoms with E-state index in [0.29, 0.717) is 40.3 Å². The SMILES string of the molecule is C=CCn1c(Cc2csc(NC(=O)c3ccc(N4CCC(C)CC4)c([N+](=O)[O-])c3)n2)n[nH]c1=S. The monoisotopic (exact) mass is 499 g/mol. The molecule has 1 aromatic carbocycles. The molecule has 0 unspecified atom stereocenters. The quantitative estimate of drug-likeness (QED) is 0.201. The average molecular weight is 500 g/mol. The van der Waals surface area contributed by atoms with Gasteiger partial charge in [0.05, 0.1) is 17.0 Å². The Bertz CT molecular complexity index is 1270. The first-order valence-corrected chi connectivity index (χ1v) is 12.2. The van der Waals surface area contributed by atoms with Crippen LogP contribution in [0.1, 0.15) is 41.6 Å². The van der Waals surface area contributed by atoms with Crippen molar-refractivity contribution in [2.24, 2.45) is 5.92 Å². The van der Waals surface area contributed by atoms with Gasteiger partial charge in [-0.3, -0.25) is 29.9 Å². The number of hydrogen-bond acceptors (Lipinski definition) is 8. The third-order valence-electron chi connectivity index (χ3n) is 5.82. The minimum Gasteiger partial charge on any atom is -0.366 e. The van der Waals surface area contributed by atoms with Crippen molar-refractivity contribution in [3.8, 4) is 0 Å². The molecule has 10 nitrogen and oxygen atoms in total. The van der Waals surface area contributed by atoms with Crippen LogP contribution in [-0.2, 0) is 13.0 Å². The Morgan fingerprint density at radius 1 is 1.44 bits per heavy atom. The standard InChI is InChI=1S/C22H25N7O3S2/c1-3-8-28-19(25-26-22(28)33)12-16-13-34-21(23-16)24-20(30)15-4-5-17(18(11-15)29(31)32)27-9-6-14(2)7-10-27/h3-5,11,13-14H,1,6-10,12H2,2H3,(H,26,33)(H,23,24,30). The Morgan fingerprint density at radius 3 is 2.91 bits per heavy atom. The topological polar surface area (TPSA) is 122 Å². The van der Waals surface area contributed by atoms with E-state index >= 15 is 0 Å². The van der Waals surface area contributed by atoms with Gasteiger partial charge in [0.1, 0.15) is 11.5 Å². The first-order chi connectivity index (χ1) is 16.4. The molecule has 1 saturated heterocycles. The van der Waals surface area contributed by atoms with Gasteiger partial charge >= 0.3 is 0 Å². The van der Waals surface area contributed by atoms with Crippen molar-refractivity contribution >= 4 is 46.0 Å². The molecule has 34 heavy (non-hydrogen) atoms. The van der Waals surface area contributed by atoms with Gasteiger partial charge in [-0.15, -0.1) is 17.9 Å². The summed E-state index contributed by atoms with van der Waals surface area (Å²) in [6, 6.07) is 4.63. The smallest absolute Gasteiger partial charge is 0.293 e. The number of benzene rings is 1. The second-order valence-corrected chi connectivity index (χ2v) is 9.49. The molecular formula is C22H25N7O3S2. The minimum absolute atomic E-state index is 0.0629. The summed E-state index contributed by atoms with van der Waals surface area (Å²) in [6.45, 7) is 7.99. The zero-order valence-electron chi connectivity index (χ0n) is 18.7. The number of aromatic nitrogens is 4. The highest BCUT2D eigenvalue weighted by Gasteiger charge is 2.25. The van der Waals surface area contributed by atoms with Crippen LogP contribution >= 0.6 is 23.6 Å². The molecule has 12 heteroatoms. The molecule has 0 atom stereocenters. The zero-order chi connectivity index (χ0) is 24.2. The van der Waals surface area contributed by atoms with Gasteiger partial charge in [-0.1, -0.05) is 13.0 Å². The second kappa shape index (κ2) is 10.3. The molecule has 1 aliphatic heterocycles. The molecule has 4 rings (SSSR count). The number of thiazole rings is 1. The number of nitro groups is 1. The largest absolute Gasteiger partial charge is 0.366 e. The molecule has 1 aliphatic rings. The number of rotatable bonds is 8. The van der Waals surface area contributed by atoms with Gasteiger partial charge in [0.25, 0.3) is 11.6 Å². The van der Waals surface area contributed by atoms with Crippen molar-refractivity contribution in [2.45, 2.75) is 32.7 Å². The highest BCUT2D eigenvalue weighted by molar-refractivity contribution is 7.71. The summed E-state index contributed by atoms with van der Waals surface area (Å²) in [7, 11) is 0. The Balaban J connectivity index is 1.47. The highest BCUT2D eigenvalue weighted by atomic mass is 32.1. The summed E-state index contributed by atoms with van der Waals surface area (Å²) in [4.78, 5) is 30.6. The van der Waals surface area contributed by atoms with Crippen LogP contribution in [0.5, 0.6) is 0 Å². The van der Waals surface area contributed by atoms with Crippen LogP contribution in [0, 0.1) is 20.8 Å². The Morgan fingerprint density at radius 2 is 2.21 bits per heavy atom. The number of nitrogens with one attached hydrogen (secondary N) is 2. The number of amides is 1. The first-order valence-electron chi connectivity index (χ1n) is 10.9. The number of carbonyl (C=O) groups excluding carboxylic acids is 1. The summed E-state index contributed by atoms with van der Waals surface area (Å²) in [6.07, 6.45) is 4.15. The maximum atomic E-state index is 12.8. The predicted molar refractivity (Wildman–Crippen MR) is 134 cm³/mol. The number of nitrogens with zero attached hydrogens (tertiary/aromatic N) is 5. The third kappa shape index (κ3) is 5.23. The van der Waals surface area contributed by atoms with Crippen molar-refractivity contribution in [1.29, 1.82) is 0 Å². The van der Waals surface area contributed by atoms with E-state index in [1.54, 1.807) is 18.2 Å². The molecule has 0 radical (unpaired) electrons. The van der Waals surface area contributed by atoms with Crippen molar-refractivity contribution in [1.82, 2.24) is 19.7 Å². The van der Waals surface area contributed by atoms with Gasteiger partial charge in [-0.05, 0) is 43.1 Å². The molecule has 0 saturated carbocycles. The first kappa shape index (κ1) is 23.8. The summed E-state index contributed by atoms with van der Waals surface area (Å²) < 4.78 is 2.33. The lowest BCUT2D eigenvalue weighted by Gasteiger charge is -2.31. The van der Waals surface area contributed by atoms with Gasteiger partial charge in [-0.2, -0.15) is 5.10 Å². The van der Waals surface area contributed by atoms with Crippen LogP contribution in [0.15, 0.2) is 36.2 Å². The molecule has 0 aliphatic carbocycles. The molecule has 2 N–H and O–H groups in total. The second-order valence-electron chi connectivity index (χ2n) is 8.25. The minimum atomic E-state index is -0.447. The number of aromatic amines is 1. The number of piperidine rings is 1. The number of allylic oxidation sites excluding steroid dienone is 1. The van der Waals surface area contributed by atoms with Crippen molar-refractivity contribution in [3.05, 3.63) is 68.2 Å². The Hall–Kier alpha value is -3.38. The van der Waals surface area contributed by atoms with Gasteiger partial charge in [0, 0.05) is 36.6 Å². The number of carbonyl (C=O) groups is 1. The van der Waals surface area contributed by atoms with Crippen LogP contribution in [0.3, 0.4) is 0 Å². The lowest BCUT2D eigenvalue weighted by atomic mass is 9.98. The highest BCUT2D eigenvalue weighted by Crippen LogP contribution is 2.32. The molecule has 0 bridgehead atoms. The lowest BCUT2D eigenvalue weighted by Crippen LogP contribution is -2.33. The maximum Gasteiger partial charge on any atom is 0.293 e. The van der Waals surface area contributed by atoms with E-state index in [-0.39, 0.29) is 11.3 Å². The maximum absolute atomic E-state index is 12.8. The fraction of sp³-hybridized carbons (Fsp3) is 0.364. The Labute approximate surface area is 205 Å². The van der Waals surface area contributed by atoms with E-state index in [2.05, 4.69) is 34.0 Å². The van der Waals surface area contributed by atoms with E-state index in [9.17, 15) is 14.9 Å². The van der Waals surface area contributed by atoms with E-state index in [0.717, 1.165) is 31.6 Å². The summed E-state index contributed by atoms with van der Waals surface area (Å²) >= 11 is 6.50. The molecular weight excluding hydrogens is 474 g/mol. The van der Waals surface area contributed by atoms with Gasteiger partial charge in [0.2, 0.25) is 0 Å². The fourth-order valence-electron chi connectivity index (χ4n) is 3.91. The number of nitro benzene ring substituents is 1. The summed E-state index contributed by atoms with van der Waals surface area (Å²) in [5, 5.41) is 23.7. The molecule has 0 spiro atoms. The van der Waals surface area contributed by atoms with E-state index in [4.69, 9.17) is 12.2 Å². The third-order valence-corrected chi connectivity index (χ3v) is 6.94. The lowest BCUT2D eigenvalue weighted by molar-refractivity contribution is -0.384. The van der Waals surface area contributed by atoms with Gasteiger partial charge in [0.15, 0.2) is 9.90 Å². The van der Waals surface area contributed by atoms with Crippen LogP contribution in [0.4, 0.5) is 16.5 Å². The Kier molecular flexibility index (Phi) is 7.17. The van der Waals surface area contributed by atoms with E-state index in [1.807, 2.05) is 14.8 Å². The number of anilines is 2. The molecule has 2 aromatic heterocycles. The molecule has 1 fully saturated rings. The van der Waals surface area contributed by atoms with Gasteiger partial charge in [-0.25, -0.2) is 4.98 Å². The van der Waals surface area contributed by atoms with E-state index < -0.39 is 10.8 Å². The van der Waals surface area contributed by atoms with Crippen molar-refractivity contribution in [2.75, 3.05) is 23.3 Å². The fourth-order valence-corrected chi connectivity index (χ4v) is 4.84. The zero-order valence-corrected chi connectivity index (χ0v) is 20.3. The molecule has 1 amide bonds. The summed E-state index contributed by atoms with van der Waals surface area (Å²) in [5.74, 6) is 0.880. The predicted octanol–water partition coefficient (Wildman–Crippen LogP) is 4.57. The molecule has 3 aromatic rings. The molecule has 3 heterocycles. The average Bonchev–Trinajstić information content (AvgIpc) is 3.41. The number of H-pyrrole nitrogens is 1. The van der Waals surface area contributed by atoms with Crippen LogP contribution in [0.2, 0.25) is 0 Å². The number of hydrogen-bond donors (Lipinski definition) is 2. The van der Waals surface area contributed by atoms with Crippen molar-refractivity contribution < 1.29 is 9.72 Å². The van der Waals surface area contributed by atoms with Crippen molar-refractivity contribution in [3.63, 3.8) is 0 Å². The van der Waals surface area contributed by atoms with Crippen LogP contribution < -0.4 is 10.2 Å².